The van der Waals surface area contributed by atoms with Crippen molar-refractivity contribution < 1.29 is 9.90 Å². The molecule has 2 heteroatoms. The highest BCUT2D eigenvalue weighted by atomic mass is 16.4. The van der Waals surface area contributed by atoms with Gasteiger partial charge in [-0.3, -0.25) is 4.79 Å². The summed E-state index contributed by atoms with van der Waals surface area (Å²) in [6.45, 7) is 0. The molecule has 1 N–H and O–H groups in total. The summed E-state index contributed by atoms with van der Waals surface area (Å²) < 4.78 is 0. The first-order chi connectivity index (χ1) is 7.73. The number of carboxylic acids is 1. The van der Waals surface area contributed by atoms with Gasteiger partial charge in [-0.15, -0.1) is 0 Å². The number of carbonyl (C=O) groups is 1. The monoisotopic (exact) mass is 216 g/mol. The molecule has 1 aliphatic carbocycles. The molecule has 0 aromatic heterocycles. The van der Waals surface area contributed by atoms with Gasteiger partial charge in [0.15, 0.2) is 0 Å². The minimum atomic E-state index is -0.726. The zero-order chi connectivity index (χ0) is 11.4. The Kier molecular flexibility index (Phi) is 3.09. The van der Waals surface area contributed by atoms with Crippen LogP contribution < -0.4 is 0 Å². The molecular formula is C14H16O2. The van der Waals surface area contributed by atoms with Crippen LogP contribution in [0.5, 0.6) is 0 Å². The molecule has 0 spiro atoms. The first-order valence-corrected chi connectivity index (χ1v) is 5.68. The van der Waals surface area contributed by atoms with Crippen molar-refractivity contribution >= 4 is 5.97 Å². The minimum Gasteiger partial charge on any atom is -0.481 e. The van der Waals surface area contributed by atoms with Crippen molar-refractivity contribution in [1.82, 2.24) is 0 Å². The SMILES string of the molecule is O=C(O)CC1(c2ccccc2)C=CCCC1. The Labute approximate surface area is 95.6 Å². The third-order valence-corrected chi connectivity index (χ3v) is 3.25. The summed E-state index contributed by atoms with van der Waals surface area (Å²) in [4.78, 5) is 11.0. The van der Waals surface area contributed by atoms with Gasteiger partial charge in [-0.25, -0.2) is 0 Å². The molecule has 1 atom stereocenters. The fraction of sp³-hybridized carbons (Fsp3) is 0.357. The normalized spacial score (nSPS) is 24.2. The van der Waals surface area contributed by atoms with Crippen LogP contribution in [-0.2, 0) is 10.2 Å². The highest BCUT2D eigenvalue weighted by molar-refractivity contribution is 5.70. The lowest BCUT2D eigenvalue weighted by molar-refractivity contribution is -0.138. The standard InChI is InChI=1S/C14H16O2/c15-13(16)11-14(9-5-2-6-10-14)12-7-3-1-4-8-12/h1,3-5,7-9H,2,6,10-11H2,(H,15,16). The van der Waals surface area contributed by atoms with E-state index in [1.807, 2.05) is 30.3 Å². The van der Waals surface area contributed by atoms with Crippen molar-refractivity contribution in [2.45, 2.75) is 31.1 Å². The quantitative estimate of drug-likeness (QED) is 0.788. The van der Waals surface area contributed by atoms with Crippen LogP contribution in [0.2, 0.25) is 0 Å². The van der Waals surface area contributed by atoms with Gasteiger partial charge in [-0.05, 0) is 24.8 Å². The van der Waals surface area contributed by atoms with E-state index >= 15 is 0 Å². The molecule has 1 aromatic rings. The largest absolute Gasteiger partial charge is 0.481 e. The highest BCUT2D eigenvalue weighted by Crippen LogP contribution is 2.37. The van der Waals surface area contributed by atoms with E-state index in [0.29, 0.717) is 0 Å². The van der Waals surface area contributed by atoms with E-state index in [-0.39, 0.29) is 11.8 Å². The van der Waals surface area contributed by atoms with Crippen LogP contribution in [0.3, 0.4) is 0 Å². The first-order valence-electron chi connectivity index (χ1n) is 5.68. The van der Waals surface area contributed by atoms with Crippen LogP contribution >= 0.6 is 0 Å². The summed E-state index contributed by atoms with van der Waals surface area (Å²) in [5.41, 5.74) is 0.832. The van der Waals surface area contributed by atoms with Crippen molar-refractivity contribution in [3.8, 4) is 0 Å². The van der Waals surface area contributed by atoms with Crippen molar-refractivity contribution in [2.75, 3.05) is 0 Å². The molecule has 2 nitrogen and oxygen atoms in total. The fourth-order valence-electron chi connectivity index (χ4n) is 2.46. The van der Waals surface area contributed by atoms with Gasteiger partial charge < -0.3 is 5.11 Å². The summed E-state index contributed by atoms with van der Waals surface area (Å²) in [7, 11) is 0. The molecule has 16 heavy (non-hydrogen) atoms. The van der Waals surface area contributed by atoms with E-state index in [1.54, 1.807) is 0 Å². The molecule has 2 rings (SSSR count). The smallest absolute Gasteiger partial charge is 0.304 e. The van der Waals surface area contributed by atoms with Gasteiger partial charge in [0.2, 0.25) is 0 Å². The van der Waals surface area contributed by atoms with Crippen LogP contribution in [0.4, 0.5) is 0 Å². The summed E-state index contributed by atoms with van der Waals surface area (Å²) in [6.07, 6.45) is 7.44. The lowest BCUT2D eigenvalue weighted by atomic mass is 9.71. The zero-order valence-electron chi connectivity index (χ0n) is 9.23. The van der Waals surface area contributed by atoms with Gasteiger partial charge in [0, 0.05) is 5.41 Å². The third-order valence-electron chi connectivity index (χ3n) is 3.25. The zero-order valence-corrected chi connectivity index (χ0v) is 9.23. The van der Waals surface area contributed by atoms with Gasteiger partial charge in [-0.1, -0.05) is 42.5 Å². The van der Waals surface area contributed by atoms with E-state index in [0.717, 1.165) is 24.8 Å². The van der Waals surface area contributed by atoms with E-state index in [1.165, 1.54) is 0 Å². The number of aliphatic carboxylic acids is 1. The predicted molar refractivity (Wildman–Crippen MR) is 63.4 cm³/mol. The second kappa shape index (κ2) is 4.52. The van der Waals surface area contributed by atoms with E-state index in [2.05, 4.69) is 12.2 Å². The van der Waals surface area contributed by atoms with Gasteiger partial charge in [-0.2, -0.15) is 0 Å². The number of hydrogen-bond donors (Lipinski definition) is 1. The lowest BCUT2D eigenvalue weighted by Gasteiger charge is -2.32. The van der Waals surface area contributed by atoms with Gasteiger partial charge in [0.25, 0.3) is 0 Å². The Morgan fingerprint density at radius 2 is 2.06 bits per heavy atom. The molecule has 0 radical (unpaired) electrons. The van der Waals surface area contributed by atoms with Gasteiger partial charge >= 0.3 is 5.97 Å². The van der Waals surface area contributed by atoms with Crippen molar-refractivity contribution in [1.29, 1.82) is 0 Å². The molecule has 0 amide bonds. The molecule has 0 saturated heterocycles. The number of rotatable bonds is 3. The molecular weight excluding hydrogens is 200 g/mol. The summed E-state index contributed by atoms with van der Waals surface area (Å²) in [5, 5.41) is 9.06. The van der Waals surface area contributed by atoms with Crippen molar-refractivity contribution in [2.24, 2.45) is 0 Å². The molecule has 84 valence electrons. The summed E-state index contributed by atoms with van der Waals surface area (Å²) in [5.74, 6) is -0.726. The van der Waals surface area contributed by atoms with Crippen LogP contribution in [-0.4, -0.2) is 11.1 Å². The summed E-state index contributed by atoms with van der Waals surface area (Å²) >= 11 is 0. The molecule has 0 aliphatic heterocycles. The van der Waals surface area contributed by atoms with Crippen LogP contribution in [0.15, 0.2) is 42.5 Å². The van der Waals surface area contributed by atoms with Crippen LogP contribution in [0.1, 0.15) is 31.2 Å². The van der Waals surface area contributed by atoms with E-state index in [4.69, 9.17) is 5.11 Å². The Bertz CT molecular complexity index is 394. The molecule has 1 aromatic carbocycles. The number of benzene rings is 1. The van der Waals surface area contributed by atoms with Crippen molar-refractivity contribution in [3.63, 3.8) is 0 Å². The molecule has 0 bridgehead atoms. The molecule has 1 unspecified atom stereocenters. The molecule has 1 aliphatic rings. The second-order valence-corrected chi connectivity index (χ2v) is 4.39. The van der Waals surface area contributed by atoms with Gasteiger partial charge in [0.1, 0.15) is 0 Å². The van der Waals surface area contributed by atoms with E-state index < -0.39 is 5.97 Å². The molecule has 0 fully saturated rings. The maximum absolute atomic E-state index is 11.0. The lowest BCUT2D eigenvalue weighted by Crippen LogP contribution is -2.28. The Hall–Kier alpha value is -1.57. The molecule has 0 heterocycles. The first kappa shape index (κ1) is 10.9. The Morgan fingerprint density at radius 3 is 2.62 bits per heavy atom. The van der Waals surface area contributed by atoms with E-state index in [9.17, 15) is 4.79 Å². The molecule has 0 saturated carbocycles. The summed E-state index contributed by atoms with van der Waals surface area (Å²) in [6, 6.07) is 9.96. The topological polar surface area (TPSA) is 37.3 Å². The highest BCUT2D eigenvalue weighted by Gasteiger charge is 2.32. The number of carboxylic acid groups (broad SMARTS) is 1. The fourth-order valence-corrected chi connectivity index (χ4v) is 2.46. The average molecular weight is 216 g/mol. The van der Waals surface area contributed by atoms with Crippen LogP contribution in [0, 0.1) is 0 Å². The van der Waals surface area contributed by atoms with Gasteiger partial charge in [0.05, 0.1) is 6.42 Å². The number of allylic oxidation sites excluding steroid dienone is 2. The predicted octanol–water partition coefficient (Wildman–Crippen LogP) is 3.14. The third kappa shape index (κ3) is 2.16. The number of hydrogen-bond acceptors (Lipinski definition) is 1. The van der Waals surface area contributed by atoms with Crippen LogP contribution in [0.25, 0.3) is 0 Å². The second-order valence-electron chi connectivity index (χ2n) is 4.39. The van der Waals surface area contributed by atoms with Crippen molar-refractivity contribution in [3.05, 3.63) is 48.0 Å². The Morgan fingerprint density at radius 1 is 1.31 bits per heavy atom. The minimum absolute atomic E-state index is 0.188. The maximum atomic E-state index is 11.0. The Balaban J connectivity index is 2.38. The maximum Gasteiger partial charge on any atom is 0.304 e. The average Bonchev–Trinajstić information content (AvgIpc) is 2.30.